The molecule has 1 aliphatic rings. The zero-order chi connectivity index (χ0) is 27.6. The van der Waals surface area contributed by atoms with Crippen LogP contribution in [0.1, 0.15) is 41.0 Å². The van der Waals surface area contributed by atoms with Crippen LogP contribution < -0.4 is 10.6 Å². The predicted molar refractivity (Wildman–Crippen MR) is 147 cm³/mol. The van der Waals surface area contributed by atoms with E-state index in [0.29, 0.717) is 17.3 Å². The number of halogens is 3. The number of hydrogen-bond donors (Lipinski definition) is 2. The topological polar surface area (TPSA) is 62.2 Å². The van der Waals surface area contributed by atoms with Crippen molar-refractivity contribution in [2.45, 2.75) is 31.6 Å². The second kappa shape index (κ2) is 10.9. The highest BCUT2D eigenvalue weighted by atomic mass is 32.1. The van der Waals surface area contributed by atoms with Gasteiger partial charge < -0.3 is 20.1 Å². The van der Waals surface area contributed by atoms with Gasteiger partial charge in [-0.2, -0.15) is 13.2 Å². The van der Waals surface area contributed by atoms with E-state index >= 15 is 0 Å². The number of para-hydroxylation sites is 1. The van der Waals surface area contributed by atoms with E-state index in [1.54, 1.807) is 29.1 Å². The van der Waals surface area contributed by atoms with Gasteiger partial charge in [-0.15, -0.1) is 0 Å². The minimum absolute atomic E-state index is 0.159. The number of benzene rings is 2. The number of amides is 1. The molecule has 1 amide bonds. The molecule has 4 aromatic rings. The Morgan fingerprint density at radius 3 is 2.59 bits per heavy atom. The largest absolute Gasteiger partial charge is 0.416 e. The van der Waals surface area contributed by atoms with Crippen LogP contribution in [0.25, 0.3) is 5.69 Å². The molecule has 200 valence electrons. The molecule has 0 saturated carbocycles. The Bertz CT molecular complexity index is 1490. The van der Waals surface area contributed by atoms with Crippen LogP contribution in [0.2, 0.25) is 0 Å². The molecule has 39 heavy (non-hydrogen) atoms. The molecule has 0 spiro atoms. The summed E-state index contributed by atoms with van der Waals surface area (Å²) >= 11 is 5.70. The summed E-state index contributed by atoms with van der Waals surface area (Å²) in [7, 11) is 0. The molecule has 0 radical (unpaired) electrons. The molecule has 3 heterocycles. The Morgan fingerprint density at radius 1 is 1.05 bits per heavy atom. The summed E-state index contributed by atoms with van der Waals surface area (Å²) in [5.74, 6) is -0.166. The number of alkyl halides is 3. The van der Waals surface area contributed by atoms with Crippen molar-refractivity contribution in [2.24, 2.45) is 0 Å². The third-order valence-corrected chi connectivity index (χ3v) is 7.08. The van der Waals surface area contributed by atoms with Gasteiger partial charge in [0.25, 0.3) is 0 Å². The van der Waals surface area contributed by atoms with Gasteiger partial charge in [0.1, 0.15) is 0 Å². The zero-order valence-corrected chi connectivity index (χ0v) is 21.8. The van der Waals surface area contributed by atoms with Crippen molar-refractivity contribution in [3.05, 3.63) is 114 Å². The highest BCUT2D eigenvalue weighted by Gasteiger charge is 2.41. The number of nitrogens with one attached hydrogen (secondary N) is 2. The van der Waals surface area contributed by atoms with Gasteiger partial charge in [0.2, 0.25) is 5.91 Å². The maximum atomic E-state index is 13.5. The number of aryl methyl sites for hydroxylation is 1. The van der Waals surface area contributed by atoms with E-state index in [4.69, 9.17) is 12.2 Å². The second-order valence-electron chi connectivity index (χ2n) is 9.28. The van der Waals surface area contributed by atoms with Crippen LogP contribution in [0.5, 0.6) is 0 Å². The molecule has 1 aliphatic heterocycles. The van der Waals surface area contributed by atoms with Crippen LogP contribution in [0.15, 0.2) is 91.3 Å². The maximum Gasteiger partial charge on any atom is 0.416 e. The number of hydrogen-bond acceptors (Lipinski definition) is 3. The summed E-state index contributed by atoms with van der Waals surface area (Å²) in [4.78, 5) is 19.3. The summed E-state index contributed by atoms with van der Waals surface area (Å²) in [6.45, 7) is 2.22. The fourth-order valence-electron chi connectivity index (χ4n) is 4.82. The molecule has 2 aromatic heterocycles. The molecular formula is C29H26F3N5OS. The molecule has 1 saturated heterocycles. The number of aromatic nitrogens is 2. The number of rotatable bonds is 7. The molecule has 0 bridgehead atoms. The lowest BCUT2D eigenvalue weighted by molar-refractivity contribution is -0.137. The number of carbonyl (C=O) groups excluding carboxylic acids is 1. The normalized spacial score (nSPS) is 17.2. The van der Waals surface area contributed by atoms with Crippen LogP contribution in [0, 0.1) is 6.92 Å². The van der Waals surface area contributed by atoms with Crippen LogP contribution in [-0.2, 0) is 11.0 Å². The Kier molecular flexibility index (Phi) is 7.38. The first-order valence-electron chi connectivity index (χ1n) is 12.4. The molecule has 2 atom stereocenters. The number of carbonyl (C=O) groups is 1. The molecular weight excluding hydrogens is 523 g/mol. The first kappa shape index (κ1) is 26.4. The molecule has 0 aliphatic carbocycles. The van der Waals surface area contributed by atoms with Crippen LogP contribution >= 0.6 is 12.2 Å². The van der Waals surface area contributed by atoms with E-state index in [1.807, 2.05) is 60.4 Å². The lowest BCUT2D eigenvalue weighted by atomic mass is 10.0. The molecule has 5 rings (SSSR count). The summed E-state index contributed by atoms with van der Waals surface area (Å²) in [6, 6.07) is 21.1. The monoisotopic (exact) mass is 549 g/mol. The van der Waals surface area contributed by atoms with E-state index in [9.17, 15) is 18.0 Å². The minimum atomic E-state index is -4.47. The van der Waals surface area contributed by atoms with Gasteiger partial charge in [0.05, 0.1) is 23.3 Å². The zero-order valence-electron chi connectivity index (χ0n) is 21.0. The molecule has 10 heteroatoms. The van der Waals surface area contributed by atoms with E-state index in [0.717, 1.165) is 34.8 Å². The van der Waals surface area contributed by atoms with E-state index in [-0.39, 0.29) is 18.4 Å². The number of anilines is 1. The van der Waals surface area contributed by atoms with Crippen LogP contribution in [0.4, 0.5) is 18.9 Å². The van der Waals surface area contributed by atoms with Gasteiger partial charge >= 0.3 is 6.18 Å². The number of pyridine rings is 1. The highest BCUT2D eigenvalue weighted by molar-refractivity contribution is 7.80. The Balaban J connectivity index is 1.47. The van der Waals surface area contributed by atoms with Gasteiger partial charge in [-0.05, 0) is 73.2 Å². The van der Waals surface area contributed by atoms with Gasteiger partial charge in [0, 0.05) is 42.4 Å². The quantitative estimate of drug-likeness (QED) is 0.269. The highest BCUT2D eigenvalue weighted by Crippen LogP contribution is 2.40. The van der Waals surface area contributed by atoms with Gasteiger partial charge in [-0.1, -0.05) is 30.3 Å². The number of thiocarbonyl (C=S) groups is 1. The third-order valence-electron chi connectivity index (χ3n) is 6.73. The molecule has 2 N–H and O–H groups in total. The van der Waals surface area contributed by atoms with E-state index in [2.05, 4.69) is 15.6 Å². The summed E-state index contributed by atoms with van der Waals surface area (Å²) < 4.78 is 42.2. The van der Waals surface area contributed by atoms with E-state index < -0.39 is 17.8 Å². The van der Waals surface area contributed by atoms with Crippen molar-refractivity contribution in [3.8, 4) is 5.69 Å². The van der Waals surface area contributed by atoms with Crippen LogP contribution in [-0.4, -0.2) is 32.0 Å². The van der Waals surface area contributed by atoms with Crippen LogP contribution in [0.3, 0.4) is 0 Å². The van der Waals surface area contributed by atoms with Crippen molar-refractivity contribution in [1.82, 2.24) is 19.8 Å². The second-order valence-corrected chi connectivity index (χ2v) is 9.67. The number of nitrogens with zero attached hydrogens (tertiary/aromatic N) is 3. The Hall–Kier alpha value is -4.18. The SMILES string of the molecule is Cc1ccccc1NC(=O)CCN1C(=S)N[C@@H](c2ccccn2)[C@H]1c1cccn1-c1cccc(C(F)(F)F)c1. The van der Waals surface area contributed by atoms with Gasteiger partial charge in [-0.3, -0.25) is 9.78 Å². The first-order valence-corrected chi connectivity index (χ1v) is 12.8. The molecule has 1 fully saturated rings. The molecule has 6 nitrogen and oxygen atoms in total. The predicted octanol–water partition coefficient (Wildman–Crippen LogP) is 6.20. The minimum Gasteiger partial charge on any atom is -0.352 e. The van der Waals surface area contributed by atoms with Crippen molar-refractivity contribution < 1.29 is 18.0 Å². The summed E-state index contributed by atoms with van der Waals surface area (Å²) in [6.07, 6.45) is -0.898. The average Bonchev–Trinajstić information content (AvgIpc) is 3.53. The van der Waals surface area contributed by atoms with Gasteiger partial charge in [-0.25, -0.2) is 0 Å². The van der Waals surface area contributed by atoms with Crippen molar-refractivity contribution in [3.63, 3.8) is 0 Å². The Morgan fingerprint density at radius 2 is 1.85 bits per heavy atom. The fraction of sp³-hybridized carbons (Fsp3) is 0.207. The summed E-state index contributed by atoms with van der Waals surface area (Å²) in [5, 5.41) is 6.71. The average molecular weight is 550 g/mol. The van der Waals surface area contributed by atoms with Crippen molar-refractivity contribution >= 4 is 28.9 Å². The molecule has 2 aromatic carbocycles. The van der Waals surface area contributed by atoms with Gasteiger partial charge in [0.15, 0.2) is 5.11 Å². The van der Waals surface area contributed by atoms with Crippen molar-refractivity contribution in [1.29, 1.82) is 0 Å². The lowest BCUT2D eigenvalue weighted by Gasteiger charge is -2.29. The lowest BCUT2D eigenvalue weighted by Crippen LogP contribution is -2.33. The van der Waals surface area contributed by atoms with Crippen molar-refractivity contribution in [2.75, 3.05) is 11.9 Å². The summed E-state index contributed by atoms with van der Waals surface area (Å²) in [5.41, 5.74) is 2.79. The van der Waals surface area contributed by atoms with E-state index in [1.165, 1.54) is 6.07 Å². The first-order chi connectivity index (χ1) is 18.7. The molecule has 0 unspecified atom stereocenters. The Labute approximate surface area is 229 Å². The standard InChI is InChI=1S/C29H26F3N5OS/c1-19-8-2-3-11-22(19)34-25(38)14-17-37-27(26(35-28(37)39)23-12-4-5-15-33-23)24-13-7-16-36(24)21-10-6-9-20(18-21)29(30,31)32/h2-13,15-16,18,26-27H,14,17H2,1H3,(H,34,38)(H,35,39)/t26-,27+/m0/s1. The third kappa shape index (κ3) is 5.65. The maximum absolute atomic E-state index is 13.5. The fourth-order valence-corrected chi connectivity index (χ4v) is 5.15. The smallest absolute Gasteiger partial charge is 0.352 e.